The standard InChI is InChI=1S/C24H20ClNO5/c1-3-30-17-7-4-6-15(13-17)22(27)20-21(19-8-5-11-31-19)26(24(29)23(20)28)18-10-9-16(25)12-14(18)2/h4-13,21,27H,3H2,1-2H3/b22-20-. The number of benzene rings is 2. The van der Waals surface area contributed by atoms with Gasteiger partial charge in [0.15, 0.2) is 0 Å². The first-order chi connectivity index (χ1) is 14.9. The predicted octanol–water partition coefficient (Wildman–Crippen LogP) is 5.27. The van der Waals surface area contributed by atoms with E-state index in [1.807, 2.05) is 6.92 Å². The number of carbonyl (C=O) groups excluding carboxylic acids is 2. The second-order valence-corrected chi connectivity index (χ2v) is 7.51. The molecule has 1 amide bonds. The molecule has 1 aliphatic heterocycles. The quantitative estimate of drug-likeness (QED) is 0.334. The number of aliphatic hydroxyl groups is 1. The summed E-state index contributed by atoms with van der Waals surface area (Å²) < 4.78 is 11.1. The van der Waals surface area contributed by atoms with E-state index >= 15 is 0 Å². The van der Waals surface area contributed by atoms with Crippen molar-refractivity contribution in [3.8, 4) is 5.75 Å². The SMILES string of the molecule is CCOc1cccc(/C(O)=C2/C(=O)C(=O)N(c3ccc(Cl)cc3C)C2c2ccco2)c1. The first kappa shape index (κ1) is 20.8. The lowest BCUT2D eigenvalue weighted by Gasteiger charge is -2.25. The van der Waals surface area contributed by atoms with E-state index in [1.54, 1.807) is 61.5 Å². The Kier molecular flexibility index (Phi) is 5.57. The minimum Gasteiger partial charge on any atom is -0.507 e. The van der Waals surface area contributed by atoms with Gasteiger partial charge in [0, 0.05) is 16.3 Å². The van der Waals surface area contributed by atoms with Crippen LogP contribution in [0.25, 0.3) is 5.76 Å². The molecule has 1 N–H and O–H groups in total. The van der Waals surface area contributed by atoms with Crippen LogP contribution in [0.3, 0.4) is 0 Å². The van der Waals surface area contributed by atoms with Crippen LogP contribution in [0.4, 0.5) is 5.69 Å². The molecule has 1 fully saturated rings. The monoisotopic (exact) mass is 437 g/mol. The number of ether oxygens (including phenoxy) is 1. The molecule has 1 unspecified atom stereocenters. The Bertz CT molecular complexity index is 1180. The van der Waals surface area contributed by atoms with Gasteiger partial charge in [0.2, 0.25) is 0 Å². The van der Waals surface area contributed by atoms with Crippen molar-refractivity contribution in [2.24, 2.45) is 0 Å². The van der Waals surface area contributed by atoms with E-state index in [0.29, 0.717) is 40.0 Å². The number of aliphatic hydroxyl groups excluding tert-OH is 1. The Morgan fingerprint density at radius 3 is 2.65 bits per heavy atom. The van der Waals surface area contributed by atoms with Crippen LogP contribution in [0, 0.1) is 6.92 Å². The molecule has 2 aromatic carbocycles. The van der Waals surface area contributed by atoms with Gasteiger partial charge in [0.25, 0.3) is 11.7 Å². The number of rotatable bonds is 5. The minimum absolute atomic E-state index is 0.0528. The summed E-state index contributed by atoms with van der Waals surface area (Å²) in [5.41, 5.74) is 1.54. The van der Waals surface area contributed by atoms with E-state index in [9.17, 15) is 14.7 Å². The van der Waals surface area contributed by atoms with Gasteiger partial charge >= 0.3 is 0 Å². The number of hydrogen-bond donors (Lipinski definition) is 1. The Labute approximate surface area is 184 Å². The normalized spacial score (nSPS) is 17.9. The zero-order chi connectivity index (χ0) is 22.1. The lowest BCUT2D eigenvalue weighted by molar-refractivity contribution is -0.132. The molecule has 0 aliphatic carbocycles. The van der Waals surface area contributed by atoms with Crippen LogP contribution >= 0.6 is 11.6 Å². The fourth-order valence-electron chi connectivity index (χ4n) is 3.74. The molecule has 31 heavy (non-hydrogen) atoms. The number of furan rings is 1. The first-order valence-electron chi connectivity index (χ1n) is 9.76. The van der Waals surface area contributed by atoms with Crippen molar-refractivity contribution < 1.29 is 23.8 Å². The number of anilines is 1. The van der Waals surface area contributed by atoms with Gasteiger partial charge in [-0.05, 0) is 61.9 Å². The number of Topliss-reactive ketones (excluding diaryl/α,β-unsaturated/α-hetero) is 1. The van der Waals surface area contributed by atoms with Gasteiger partial charge < -0.3 is 14.3 Å². The van der Waals surface area contributed by atoms with Gasteiger partial charge in [-0.15, -0.1) is 0 Å². The Morgan fingerprint density at radius 2 is 1.97 bits per heavy atom. The molecule has 2 heterocycles. The van der Waals surface area contributed by atoms with E-state index in [1.165, 1.54) is 11.2 Å². The van der Waals surface area contributed by atoms with Crippen LogP contribution in [0.15, 0.2) is 70.9 Å². The lowest BCUT2D eigenvalue weighted by atomic mass is 9.99. The smallest absolute Gasteiger partial charge is 0.300 e. The second kappa shape index (κ2) is 8.32. The third-order valence-electron chi connectivity index (χ3n) is 5.09. The molecule has 0 saturated carbocycles. The van der Waals surface area contributed by atoms with Crippen molar-refractivity contribution >= 4 is 34.7 Å². The maximum atomic E-state index is 13.1. The van der Waals surface area contributed by atoms with Crippen LogP contribution in [-0.4, -0.2) is 23.4 Å². The average Bonchev–Trinajstić information content (AvgIpc) is 3.36. The summed E-state index contributed by atoms with van der Waals surface area (Å²) in [6, 6.07) is 14.2. The predicted molar refractivity (Wildman–Crippen MR) is 117 cm³/mol. The summed E-state index contributed by atoms with van der Waals surface area (Å²) in [4.78, 5) is 27.5. The zero-order valence-corrected chi connectivity index (χ0v) is 17.7. The van der Waals surface area contributed by atoms with Crippen LogP contribution in [0.5, 0.6) is 5.75 Å². The molecule has 0 bridgehead atoms. The highest BCUT2D eigenvalue weighted by atomic mass is 35.5. The molecular weight excluding hydrogens is 418 g/mol. The van der Waals surface area contributed by atoms with Crippen LogP contribution < -0.4 is 9.64 Å². The van der Waals surface area contributed by atoms with Crippen molar-refractivity contribution in [3.63, 3.8) is 0 Å². The molecule has 1 atom stereocenters. The maximum Gasteiger partial charge on any atom is 0.300 e. The van der Waals surface area contributed by atoms with E-state index in [0.717, 1.165) is 0 Å². The summed E-state index contributed by atoms with van der Waals surface area (Å²) >= 11 is 6.07. The van der Waals surface area contributed by atoms with Crippen molar-refractivity contribution in [2.45, 2.75) is 19.9 Å². The van der Waals surface area contributed by atoms with Gasteiger partial charge in [0.1, 0.15) is 23.3 Å². The van der Waals surface area contributed by atoms with Crippen LogP contribution in [0.1, 0.15) is 29.9 Å². The highest BCUT2D eigenvalue weighted by Crippen LogP contribution is 2.43. The molecule has 3 aromatic rings. The average molecular weight is 438 g/mol. The summed E-state index contributed by atoms with van der Waals surface area (Å²) in [6.45, 7) is 4.10. The Balaban J connectivity index is 1.91. The highest BCUT2D eigenvalue weighted by Gasteiger charge is 2.48. The molecule has 6 nitrogen and oxygen atoms in total. The number of halogens is 1. The highest BCUT2D eigenvalue weighted by molar-refractivity contribution is 6.51. The summed E-state index contributed by atoms with van der Waals surface area (Å²) in [6.07, 6.45) is 1.46. The van der Waals surface area contributed by atoms with E-state index in [4.69, 9.17) is 20.8 Å². The third-order valence-corrected chi connectivity index (χ3v) is 5.33. The van der Waals surface area contributed by atoms with Crippen molar-refractivity contribution in [2.75, 3.05) is 11.5 Å². The molecule has 1 saturated heterocycles. The van der Waals surface area contributed by atoms with Crippen molar-refractivity contribution in [1.29, 1.82) is 0 Å². The van der Waals surface area contributed by atoms with Crippen molar-refractivity contribution in [3.05, 3.63) is 88.3 Å². The Hall–Kier alpha value is -3.51. The molecule has 7 heteroatoms. The summed E-state index contributed by atoms with van der Waals surface area (Å²) in [7, 11) is 0. The summed E-state index contributed by atoms with van der Waals surface area (Å²) in [5.74, 6) is -0.945. The van der Waals surface area contributed by atoms with Crippen LogP contribution in [-0.2, 0) is 9.59 Å². The van der Waals surface area contributed by atoms with Gasteiger partial charge in [-0.3, -0.25) is 14.5 Å². The van der Waals surface area contributed by atoms with E-state index < -0.39 is 17.7 Å². The molecular formula is C24H20ClNO5. The fraction of sp³-hybridized carbons (Fsp3) is 0.167. The number of aryl methyl sites for hydroxylation is 1. The van der Waals surface area contributed by atoms with E-state index in [-0.39, 0.29) is 11.3 Å². The molecule has 4 rings (SSSR count). The van der Waals surface area contributed by atoms with Gasteiger partial charge in [-0.25, -0.2) is 0 Å². The van der Waals surface area contributed by atoms with Crippen LogP contribution in [0.2, 0.25) is 5.02 Å². The number of hydrogen-bond acceptors (Lipinski definition) is 5. The number of amides is 1. The number of nitrogens with zero attached hydrogens (tertiary/aromatic N) is 1. The summed E-state index contributed by atoms with van der Waals surface area (Å²) in [5, 5.41) is 11.6. The van der Waals surface area contributed by atoms with Gasteiger partial charge in [0.05, 0.1) is 18.4 Å². The van der Waals surface area contributed by atoms with Gasteiger partial charge in [-0.2, -0.15) is 0 Å². The largest absolute Gasteiger partial charge is 0.507 e. The second-order valence-electron chi connectivity index (χ2n) is 7.08. The number of carbonyl (C=O) groups is 2. The molecule has 0 radical (unpaired) electrons. The zero-order valence-electron chi connectivity index (χ0n) is 17.0. The third kappa shape index (κ3) is 3.70. The van der Waals surface area contributed by atoms with E-state index in [2.05, 4.69) is 0 Å². The molecule has 158 valence electrons. The number of ketones is 1. The first-order valence-corrected chi connectivity index (χ1v) is 10.1. The topological polar surface area (TPSA) is 80.0 Å². The minimum atomic E-state index is -0.925. The lowest BCUT2D eigenvalue weighted by Crippen LogP contribution is -2.29. The molecule has 1 aliphatic rings. The fourth-order valence-corrected chi connectivity index (χ4v) is 3.97. The van der Waals surface area contributed by atoms with Gasteiger partial charge in [-0.1, -0.05) is 23.7 Å². The molecule has 1 aromatic heterocycles. The Morgan fingerprint density at radius 1 is 1.16 bits per heavy atom. The maximum absolute atomic E-state index is 13.1. The molecule has 0 spiro atoms. The van der Waals surface area contributed by atoms with Crippen molar-refractivity contribution in [1.82, 2.24) is 0 Å².